The number of hydrogen-bond donors (Lipinski definition) is 1. The molecule has 0 bridgehead atoms. The van der Waals surface area contributed by atoms with Crippen LogP contribution in [0.3, 0.4) is 0 Å². The number of hydrogen-bond acceptors (Lipinski definition) is 3. The van der Waals surface area contributed by atoms with Crippen LogP contribution in [0.15, 0.2) is 48.5 Å². The number of anilines is 2. The van der Waals surface area contributed by atoms with Crippen LogP contribution >= 0.6 is 0 Å². The second-order valence-corrected chi connectivity index (χ2v) is 8.63. The highest BCUT2D eigenvalue weighted by Crippen LogP contribution is 2.57. The number of rotatable bonds is 3. The molecule has 1 fully saturated rings. The largest absolute Gasteiger partial charge is 0.469 e. The van der Waals surface area contributed by atoms with Crippen LogP contribution in [-0.2, 0) is 21.4 Å². The fourth-order valence-corrected chi connectivity index (χ4v) is 5.73. The van der Waals surface area contributed by atoms with Gasteiger partial charge in [0, 0.05) is 11.4 Å². The predicted molar refractivity (Wildman–Crippen MR) is 109 cm³/mol. The van der Waals surface area contributed by atoms with Crippen molar-refractivity contribution in [3.05, 3.63) is 59.7 Å². The molecule has 1 unspecified atom stereocenters. The van der Waals surface area contributed by atoms with E-state index in [1.54, 1.807) is 0 Å². The Morgan fingerprint density at radius 3 is 2.59 bits per heavy atom. The maximum Gasteiger partial charge on any atom is 0.311 e. The van der Waals surface area contributed by atoms with E-state index in [9.17, 15) is 4.79 Å². The molecule has 2 aromatic carbocycles. The number of para-hydroxylation sites is 1. The zero-order valence-corrected chi connectivity index (χ0v) is 16.5. The summed E-state index contributed by atoms with van der Waals surface area (Å²) in [5, 5.41) is 3.51. The normalized spacial score (nSPS) is 29.4. The average molecular weight is 364 g/mol. The highest BCUT2D eigenvalue weighted by atomic mass is 16.5. The molecule has 0 aromatic heterocycles. The van der Waals surface area contributed by atoms with Gasteiger partial charge in [-0.1, -0.05) is 37.6 Å². The van der Waals surface area contributed by atoms with E-state index in [4.69, 9.17) is 4.74 Å². The van der Waals surface area contributed by atoms with Crippen LogP contribution in [0.1, 0.15) is 50.7 Å². The maximum atomic E-state index is 12.6. The number of fused-ring (bicyclic) bond motifs is 3. The molecule has 0 amide bonds. The van der Waals surface area contributed by atoms with E-state index in [1.165, 1.54) is 18.2 Å². The smallest absolute Gasteiger partial charge is 0.311 e. The molecule has 3 nitrogen and oxygen atoms in total. The Hall–Kier alpha value is -2.29. The summed E-state index contributed by atoms with van der Waals surface area (Å²) in [6.45, 7) is 4.48. The molecule has 0 heterocycles. The van der Waals surface area contributed by atoms with Crippen molar-refractivity contribution in [2.24, 2.45) is 11.3 Å². The van der Waals surface area contributed by atoms with Gasteiger partial charge in [0.2, 0.25) is 0 Å². The molecule has 0 spiro atoms. The third-order valence-corrected chi connectivity index (χ3v) is 7.07. The molecule has 1 saturated carbocycles. The van der Waals surface area contributed by atoms with Gasteiger partial charge in [-0.25, -0.2) is 0 Å². The number of ether oxygens (including phenoxy) is 1. The Kier molecular flexibility index (Phi) is 4.49. The molecular formula is C24H29NO2. The van der Waals surface area contributed by atoms with Gasteiger partial charge in [0.05, 0.1) is 12.5 Å². The molecular weight excluding hydrogens is 334 g/mol. The molecule has 1 N–H and O–H groups in total. The first-order chi connectivity index (χ1) is 13.0. The summed E-state index contributed by atoms with van der Waals surface area (Å²) >= 11 is 0. The first-order valence-electron chi connectivity index (χ1n) is 10.0. The summed E-state index contributed by atoms with van der Waals surface area (Å²) in [7, 11) is 1.53. The van der Waals surface area contributed by atoms with Crippen LogP contribution in [-0.4, -0.2) is 13.1 Å². The first kappa shape index (κ1) is 18.1. The Bertz CT molecular complexity index is 847. The minimum atomic E-state index is -0.375. The summed E-state index contributed by atoms with van der Waals surface area (Å²) in [5.41, 5.74) is 4.75. The minimum absolute atomic E-state index is 0.0377. The third-order valence-electron chi connectivity index (χ3n) is 7.07. The Labute approximate surface area is 162 Å². The second-order valence-electron chi connectivity index (χ2n) is 8.63. The van der Waals surface area contributed by atoms with Crippen LogP contribution in [0.25, 0.3) is 0 Å². The van der Waals surface area contributed by atoms with Gasteiger partial charge in [-0.3, -0.25) is 4.79 Å². The standard InChI is InChI=1S/C24H29NO2/c1-23-14-7-15-24(2,22(26)27-3)21(23)13-10-17-16-19(11-12-20(17)23)25-18-8-5-4-6-9-18/h4-6,8-9,11-12,16,21,25H,7,10,13-15H2,1-3H3/t21?,23-,24-/m1/s1. The lowest BCUT2D eigenvalue weighted by molar-refractivity contribution is -0.161. The van der Waals surface area contributed by atoms with Gasteiger partial charge in [-0.15, -0.1) is 0 Å². The van der Waals surface area contributed by atoms with Crippen molar-refractivity contribution < 1.29 is 9.53 Å². The van der Waals surface area contributed by atoms with E-state index in [1.807, 2.05) is 18.2 Å². The highest BCUT2D eigenvalue weighted by molar-refractivity contribution is 5.77. The number of aryl methyl sites for hydroxylation is 1. The van der Waals surface area contributed by atoms with E-state index >= 15 is 0 Å². The van der Waals surface area contributed by atoms with Crippen LogP contribution < -0.4 is 5.32 Å². The molecule has 2 aliphatic rings. The van der Waals surface area contributed by atoms with Gasteiger partial charge < -0.3 is 10.1 Å². The number of nitrogens with one attached hydrogen (secondary N) is 1. The van der Waals surface area contributed by atoms with E-state index in [2.05, 4.69) is 49.5 Å². The molecule has 4 rings (SSSR count). The maximum absolute atomic E-state index is 12.6. The number of carbonyl (C=O) groups excluding carboxylic acids is 1. The number of esters is 1. The van der Waals surface area contributed by atoms with Crippen molar-refractivity contribution in [1.29, 1.82) is 0 Å². The lowest BCUT2D eigenvalue weighted by Gasteiger charge is -2.54. The molecule has 2 aromatic rings. The van der Waals surface area contributed by atoms with E-state index in [0.29, 0.717) is 5.92 Å². The average Bonchev–Trinajstić information content (AvgIpc) is 2.67. The summed E-state index contributed by atoms with van der Waals surface area (Å²) < 4.78 is 5.21. The molecule has 0 radical (unpaired) electrons. The fraction of sp³-hybridized carbons (Fsp3) is 0.458. The summed E-state index contributed by atoms with van der Waals surface area (Å²) in [6, 6.07) is 17.1. The van der Waals surface area contributed by atoms with Crippen molar-refractivity contribution >= 4 is 17.3 Å². The van der Waals surface area contributed by atoms with Gasteiger partial charge in [0.1, 0.15) is 0 Å². The van der Waals surface area contributed by atoms with Crippen molar-refractivity contribution in [3.63, 3.8) is 0 Å². The molecule has 0 saturated heterocycles. The van der Waals surface area contributed by atoms with Crippen LogP contribution in [0.4, 0.5) is 11.4 Å². The van der Waals surface area contributed by atoms with Crippen molar-refractivity contribution in [2.75, 3.05) is 12.4 Å². The van der Waals surface area contributed by atoms with Crippen LogP contribution in [0.2, 0.25) is 0 Å². The molecule has 0 aliphatic heterocycles. The van der Waals surface area contributed by atoms with E-state index < -0.39 is 0 Å². The lowest BCUT2D eigenvalue weighted by Crippen LogP contribution is -2.52. The van der Waals surface area contributed by atoms with Crippen molar-refractivity contribution in [2.45, 2.75) is 51.4 Å². The zero-order chi connectivity index (χ0) is 19.1. The number of methoxy groups -OCH3 is 1. The quantitative estimate of drug-likeness (QED) is 0.720. The molecule has 27 heavy (non-hydrogen) atoms. The van der Waals surface area contributed by atoms with Crippen molar-refractivity contribution in [1.82, 2.24) is 0 Å². The van der Waals surface area contributed by atoms with Gasteiger partial charge in [0.15, 0.2) is 0 Å². The van der Waals surface area contributed by atoms with Crippen molar-refractivity contribution in [3.8, 4) is 0 Å². The number of benzene rings is 2. The van der Waals surface area contributed by atoms with Gasteiger partial charge in [0.25, 0.3) is 0 Å². The molecule has 2 aliphatic carbocycles. The monoisotopic (exact) mass is 363 g/mol. The Morgan fingerprint density at radius 2 is 1.85 bits per heavy atom. The molecule has 142 valence electrons. The fourth-order valence-electron chi connectivity index (χ4n) is 5.73. The molecule has 3 heteroatoms. The van der Waals surface area contributed by atoms with Gasteiger partial charge in [-0.05, 0) is 79.3 Å². The Balaban J connectivity index is 1.67. The Morgan fingerprint density at radius 1 is 1.07 bits per heavy atom. The first-order valence-corrected chi connectivity index (χ1v) is 10.0. The van der Waals surface area contributed by atoms with E-state index in [-0.39, 0.29) is 16.8 Å². The SMILES string of the molecule is COC(=O)[C@]1(C)CCC[C@]2(C)c3ccc(Nc4ccccc4)cc3CCC12. The van der Waals surface area contributed by atoms with Crippen LogP contribution in [0, 0.1) is 11.3 Å². The predicted octanol–water partition coefficient (Wildman–Crippen LogP) is 5.61. The van der Waals surface area contributed by atoms with Gasteiger partial charge in [-0.2, -0.15) is 0 Å². The minimum Gasteiger partial charge on any atom is -0.469 e. The topological polar surface area (TPSA) is 38.3 Å². The summed E-state index contributed by atoms with van der Waals surface area (Å²) in [4.78, 5) is 12.6. The third kappa shape index (κ3) is 2.93. The lowest BCUT2D eigenvalue weighted by atomic mass is 9.50. The summed E-state index contributed by atoms with van der Waals surface area (Å²) in [5.74, 6) is 0.302. The van der Waals surface area contributed by atoms with Crippen LogP contribution in [0.5, 0.6) is 0 Å². The zero-order valence-electron chi connectivity index (χ0n) is 16.5. The van der Waals surface area contributed by atoms with Gasteiger partial charge >= 0.3 is 5.97 Å². The summed E-state index contributed by atoms with van der Waals surface area (Å²) in [6.07, 6.45) is 5.21. The molecule has 3 atom stereocenters. The number of carbonyl (C=O) groups is 1. The van der Waals surface area contributed by atoms with E-state index in [0.717, 1.165) is 43.5 Å². The highest BCUT2D eigenvalue weighted by Gasteiger charge is 2.55. The second kappa shape index (κ2) is 6.70.